The minimum absolute atomic E-state index is 0.227. The van der Waals surface area contributed by atoms with Crippen molar-refractivity contribution in [2.45, 2.75) is 20.3 Å². The van der Waals surface area contributed by atoms with E-state index >= 15 is 0 Å². The van der Waals surface area contributed by atoms with Gasteiger partial charge in [-0.15, -0.1) is 0 Å². The van der Waals surface area contributed by atoms with Gasteiger partial charge in [0.25, 0.3) is 0 Å². The number of guanidine groups is 1. The predicted molar refractivity (Wildman–Crippen MR) is 85.3 cm³/mol. The van der Waals surface area contributed by atoms with Crippen LogP contribution in [0.5, 0.6) is 0 Å². The van der Waals surface area contributed by atoms with Gasteiger partial charge < -0.3 is 19.9 Å². The first-order chi connectivity index (χ1) is 9.38. The predicted octanol–water partition coefficient (Wildman–Crippen LogP) is 1.12. The minimum atomic E-state index is 0.227. The van der Waals surface area contributed by atoms with Crippen LogP contribution in [0, 0.1) is 11.3 Å². The van der Waals surface area contributed by atoms with Crippen LogP contribution in [0.15, 0.2) is 4.99 Å². The van der Waals surface area contributed by atoms with Crippen LogP contribution in [0.25, 0.3) is 0 Å². The lowest BCUT2D eigenvalue weighted by Gasteiger charge is -2.31. The Morgan fingerprint density at radius 1 is 1.45 bits per heavy atom. The van der Waals surface area contributed by atoms with Crippen LogP contribution in [0.1, 0.15) is 20.3 Å². The third-order valence-electron chi connectivity index (χ3n) is 3.67. The molecule has 1 atom stereocenters. The zero-order valence-electron chi connectivity index (χ0n) is 14.1. The molecule has 5 nitrogen and oxygen atoms in total. The maximum Gasteiger partial charge on any atom is 0.193 e. The van der Waals surface area contributed by atoms with E-state index in [0.717, 1.165) is 38.7 Å². The van der Waals surface area contributed by atoms with Gasteiger partial charge in [-0.3, -0.25) is 4.99 Å². The third-order valence-corrected chi connectivity index (χ3v) is 3.67. The Morgan fingerprint density at radius 2 is 2.15 bits per heavy atom. The highest BCUT2D eigenvalue weighted by atomic mass is 16.5. The molecular formula is C15H32N4O. The molecule has 1 N–H and O–H groups in total. The van der Waals surface area contributed by atoms with E-state index in [9.17, 15) is 0 Å². The molecule has 1 saturated heterocycles. The van der Waals surface area contributed by atoms with Crippen molar-refractivity contribution in [3.63, 3.8) is 0 Å². The maximum atomic E-state index is 5.25. The lowest BCUT2D eigenvalue weighted by molar-refractivity contribution is 0.157. The summed E-state index contributed by atoms with van der Waals surface area (Å²) in [5.74, 6) is 1.66. The Kier molecular flexibility index (Phi) is 6.76. The molecule has 1 heterocycles. The Bertz CT molecular complexity index is 315. The molecular weight excluding hydrogens is 252 g/mol. The topological polar surface area (TPSA) is 40.1 Å². The normalized spacial score (nSPS) is 20.9. The molecule has 0 amide bonds. The maximum absolute atomic E-state index is 5.25. The van der Waals surface area contributed by atoms with Crippen LogP contribution in [-0.4, -0.2) is 76.8 Å². The average molecular weight is 284 g/mol. The summed E-state index contributed by atoms with van der Waals surface area (Å²) in [6.07, 6.45) is 1.19. The summed E-state index contributed by atoms with van der Waals surface area (Å²) >= 11 is 0. The monoisotopic (exact) mass is 284 g/mol. The van der Waals surface area contributed by atoms with Crippen LogP contribution in [0.2, 0.25) is 0 Å². The van der Waals surface area contributed by atoms with Crippen molar-refractivity contribution in [1.29, 1.82) is 0 Å². The summed E-state index contributed by atoms with van der Waals surface area (Å²) in [7, 11) is 7.88. The van der Waals surface area contributed by atoms with Gasteiger partial charge in [-0.2, -0.15) is 0 Å². The van der Waals surface area contributed by atoms with E-state index in [1.807, 2.05) is 7.05 Å². The summed E-state index contributed by atoms with van der Waals surface area (Å²) in [6, 6.07) is 0. The van der Waals surface area contributed by atoms with E-state index < -0.39 is 0 Å². The SMILES string of the molecule is CN=C(NCC(C)(C)CN(C)C)N1CCC(COC)C1. The fraction of sp³-hybridized carbons (Fsp3) is 0.933. The molecule has 0 spiro atoms. The lowest BCUT2D eigenvalue weighted by atomic mass is 9.93. The quantitative estimate of drug-likeness (QED) is 0.586. The second-order valence-electron chi connectivity index (χ2n) is 6.86. The van der Waals surface area contributed by atoms with E-state index in [1.54, 1.807) is 7.11 Å². The van der Waals surface area contributed by atoms with Crippen LogP contribution < -0.4 is 5.32 Å². The lowest BCUT2D eigenvalue weighted by Crippen LogP contribution is -2.46. The van der Waals surface area contributed by atoms with Crippen LogP contribution in [0.4, 0.5) is 0 Å². The second kappa shape index (κ2) is 7.84. The minimum Gasteiger partial charge on any atom is -0.384 e. The first-order valence-corrected chi connectivity index (χ1v) is 7.47. The summed E-state index contributed by atoms with van der Waals surface area (Å²) in [6.45, 7) is 9.52. The number of hydrogen-bond acceptors (Lipinski definition) is 3. The molecule has 1 unspecified atom stereocenters. The van der Waals surface area contributed by atoms with Crippen molar-refractivity contribution in [2.24, 2.45) is 16.3 Å². The summed E-state index contributed by atoms with van der Waals surface area (Å²) in [5, 5.41) is 3.53. The Balaban J connectivity index is 2.45. The van der Waals surface area contributed by atoms with Crippen molar-refractivity contribution >= 4 is 5.96 Å². The van der Waals surface area contributed by atoms with Gasteiger partial charge in [-0.05, 0) is 25.9 Å². The van der Waals surface area contributed by atoms with E-state index in [-0.39, 0.29) is 5.41 Å². The Morgan fingerprint density at radius 3 is 2.70 bits per heavy atom. The largest absolute Gasteiger partial charge is 0.384 e. The number of nitrogens with one attached hydrogen (secondary N) is 1. The molecule has 20 heavy (non-hydrogen) atoms. The Hall–Kier alpha value is -0.810. The molecule has 0 aliphatic carbocycles. The fourth-order valence-corrected chi connectivity index (χ4v) is 2.96. The molecule has 0 saturated carbocycles. The van der Waals surface area contributed by atoms with Gasteiger partial charge in [-0.25, -0.2) is 0 Å². The van der Waals surface area contributed by atoms with Gasteiger partial charge in [0, 0.05) is 46.3 Å². The summed E-state index contributed by atoms with van der Waals surface area (Å²) in [5.41, 5.74) is 0.227. The van der Waals surface area contributed by atoms with Crippen molar-refractivity contribution < 1.29 is 4.74 Å². The molecule has 0 aromatic carbocycles. The average Bonchev–Trinajstić information content (AvgIpc) is 2.77. The van der Waals surface area contributed by atoms with Gasteiger partial charge >= 0.3 is 0 Å². The van der Waals surface area contributed by atoms with E-state index in [0.29, 0.717) is 5.92 Å². The van der Waals surface area contributed by atoms with Gasteiger partial charge in [0.15, 0.2) is 5.96 Å². The van der Waals surface area contributed by atoms with Crippen LogP contribution in [0.3, 0.4) is 0 Å². The van der Waals surface area contributed by atoms with Crippen molar-refractivity contribution in [2.75, 3.05) is 61.0 Å². The molecule has 0 radical (unpaired) electrons. The zero-order chi connectivity index (χ0) is 15.2. The molecule has 1 rings (SSSR count). The second-order valence-corrected chi connectivity index (χ2v) is 6.86. The van der Waals surface area contributed by atoms with E-state index in [2.05, 4.69) is 48.1 Å². The zero-order valence-corrected chi connectivity index (χ0v) is 14.1. The highest BCUT2D eigenvalue weighted by Gasteiger charge is 2.26. The van der Waals surface area contributed by atoms with Gasteiger partial charge in [-0.1, -0.05) is 13.8 Å². The summed E-state index contributed by atoms with van der Waals surface area (Å²) < 4.78 is 5.25. The summed E-state index contributed by atoms with van der Waals surface area (Å²) in [4.78, 5) is 9.00. The number of likely N-dealkylation sites (tertiary alicyclic amines) is 1. The van der Waals surface area contributed by atoms with Crippen molar-refractivity contribution in [1.82, 2.24) is 15.1 Å². The molecule has 1 fully saturated rings. The van der Waals surface area contributed by atoms with E-state index in [1.165, 1.54) is 6.42 Å². The third kappa shape index (κ3) is 5.67. The Labute approximate surface area is 124 Å². The van der Waals surface area contributed by atoms with Gasteiger partial charge in [0.05, 0.1) is 6.61 Å². The number of rotatable bonds is 6. The first kappa shape index (κ1) is 17.2. The molecule has 1 aliphatic rings. The van der Waals surface area contributed by atoms with Crippen molar-refractivity contribution in [3.8, 4) is 0 Å². The fourth-order valence-electron chi connectivity index (χ4n) is 2.96. The van der Waals surface area contributed by atoms with Gasteiger partial charge in [0.1, 0.15) is 0 Å². The van der Waals surface area contributed by atoms with Gasteiger partial charge in [0.2, 0.25) is 0 Å². The standard InChI is InChI=1S/C15H32N4O/c1-15(2,12-18(4)5)11-17-14(16-3)19-8-7-13(9-19)10-20-6/h13H,7-12H2,1-6H3,(H,16,17). The molecule has 0 bridgehead atoms. The van der Waals surface area contributed by atoms with Crippen molar-refractivity contribution in [3.05, 3.63) is 0 Å². The number of nitrogens with zero attached hydrogens (tertiary/aromatic N) is 3. The van der Waals surface area contributed by atoms with E-state index in [4.69, 9.17) is 4.74 Å². The number of aliphatic imine (C=N–C) groups is 1. The highest BCUT2D eigenvalue weighted by Crippen LogP contribution is 2.18. The molecule has 0 aromatic heterocycles. The number of methoxy groups -OCH3 is 1. The number of ether oxygens (including phenoxy) is 1. The highest BCUT2D eigenvalue weighted by molar-refractivity contribution is 5.80. The first-order valence-electron chi connectivity index (χ1n) is 7.47. The molecule has 0 aromatic rings. The number of hydrogen-bond donors (Lipinski definition) is 1. The smallest absolute Gasteiger partial charge is 0.193 e. The molecule has 1 aliphatic heterocycles. The molecule has 5 heteroatoms. The molecule has 118 valence electrons. The van der Waals surface area contributed by atoms with Crippen LogP contribution >= 0.6 is 0 Å². The van der Waals surface area contributed by atoms with Crippen LogP contribution in [-0.2, 0) is 4.74 Å².